The Balaban J connectivity index is 0.00000784. The van der Waals surface area contributed by atoms with Gasteiger partial charge in [0.15, 0.2) is 0 Å². The van der Waals surface area contributed by atoms with Gasteiger partial charge in [-0.1, -0.05) is 90.2 Å². The van der Waals surface area contributed by atoms with Crippen LogP contribution >= 0.6 is 0 Å². The Bertz CT molecular complexity index is 511. The molecule has 0 amide bonds. The molecule has 0 saturated heterocycles. The van der Waals surface area contributed by atoms with Crippen molar-refractivity contribution in [3.05, 3.63) is 35.4 Å². The van der Waals surface area contributed by atoms with E-state index in [1.807, 2.05) is 0 Å². The van der Waals surface area contributed by atoms with Crippen LogP contribution < -0.4 is 0 Å². The van der Waals surface area contributed by atoms with Crippen LogP contribution in [0.2, 0.25) is 0 Å². The van der Waals surface area contributed by atoms with Crippen LogP contribution in [0, 0.1) is 0 Å². The quantitative estimate of drug-likeness (QED) is 0.179. The van der Waals surface area contributed by atoms with Crippen molar-refractivity contribution in [3.8, 4) is 0 Å². The van der Waals surface area contributed by atoms with Gasteiger partial charge in [0.05, 0.1) is 24.3 Å². The van der Waals surface area contributed by atoms with Gasteiger partial charge in [-0.15, -0.1) is 0 Å². The first-order valence-corrected chi connectivity index (χ1v) is 11.1. The summed E-state index contributed by atoms with van der Waals surface area (Å²) in [6.07, 6.45) is 13.6. The van der Waals surface area contributed by atoms with Gasteiger partial charge in [0.2, 0.25) is 0 Å². The summed E-state index contributed by atoms with van der Waals surface area (Å²) in [5.74, 6) is -0.888. The van der Waals surface area contributed by atoms with E-state index in [1.165, 1.54) is 51.4 Å². The predicted octanol–water partition coefficient (Wildman–Crippen LogP) is 6.34. The maximum absolute atomic E-state index is 12.4. The summed E-state index contributed by atoms with van der Waals surface area (Å²) in [5.41, 5.74) is 0.586. The minimum absolute atomic E-state index is 0. The standard InChI is InChI=1S/C24H38O4.Al/c1-3-5-7-9-11-15-19-27-23(25)21-17-13-14-18-22(21)24(26)28-20-16-12-10-8-6-4-2;/h13-14,17-18H,3-12,15-16,19-20H2,1-2H3;. The van der Waals surface area contributed by atoms with Gasteiger partial charge >= 0.3 is 11.9 Å². The molecule has 1 aromatic carbocycles. The summed E-state index contributed by atoms with van der Waals surface area (Å²) in [5, 5.41) is 0. The number of ether oxygens (including phenoxy) is 2. The highest BCUT2D eigenvalue weighted by Crippen LogP contribution is 2.14. The van der Waals surface area contributed by atoms with E-state index >= 15 is 0 Å². The van der Waals surface area contributed by atoms with Gasteiger partial charge in [-0.2, -0.15) is 0 Å². The van der Waals surface area contributed by atoms with E-state index in [2.05, 4.69) is 13.8 Å². The summed E-state index contributed by atoms with van der Waals surface area (Å²) in [7, 11) is 0. The lowest BCUT2D eigenvalue weighted by Crippen LogP contribution is -2.15. The molecule has 5 heteroatoms. The molecule has 1 rings (SSSR count). The van der Waals surface area contributed by atoms with Gasteiger partial charge in [-0.25, -0.2) is 9.59 Å². The molecule has 0 unspecified atom stereocenters. The zero-order valence-corrected chi connectivity index (χ0v) is 19.6. The van der Waals surface area contributed by atoms with E-state index in [9.17, 15) is 9.59 Å². The topological polar surface area (TPSA) is 52.6 Å². The molecule has 0 saturated carbocycles. The molecule has 1 aromatic rings. The van der Waals surface area contributed by atoms with Crippen molar-refractivity contribution < 1.29 is 19.1 Å². The predicted molar refractivity (Wildman–Crippen MR) is 120 cm³/mol. The van der Waals surface area contributed by atoms with Crippen LogP contribution in [0.5, 0.6) is 0 Å². The molecule has 0 atom stereocenters. The lowest BCUT2D eigenvalue weighted by molar-refractivity contribution is 0.0450. The Hall–Kier alpha value is -1.31. The summed E-state index contributed by atoms with van der Waals surface area (Å²) in [6.45, 7) is 5.17. The van der Waals surface area contributed by atoms with Gasteiger partial charge in [-0.05, 0) is 25.0 Å². The SMILES string of the molecule is CCCCCCCCOC(=O)c1ccccc1C(=O)OCCCCCCCC.[Al]. The lowest BCUT2D eigenvalue weighted by Gasteiger charge is -2.10. The molecule has 161 valence electrons. The van der Waals surface area contributed by atoms with Crippen LogP contribution in [0.15, 0.2) is 24.3 Å². The molecular formula is C24H38AlO4. The van der Waals surface area contributed by atoms with Crippen LogP contribution in [-0.4, -0.2) is 42.5 Å². The number of carbonyl (C=O) groups excluding carboxylic acids is 2. The fourth-order valence-electron chi connectivity index (χ4n) is 3.09. The number of carbonyl (C=O) groups is 2. The summed E-state index contributed by atoms with van der Waals surface area (Å²) < 4.78 is 10.7. The normalized spacial score (nSPS) is 10.3. The number of hydrogen-bond acceptors (Lipinski definition) is 4. The van der Waals surface area contributed by atoms with Crippen molar-refractivity contribution in [1.82, 2.24) is 0 Å². The highest BCUT2D eigenvalue weighted by atomic mass is 27.0. The Morgan fingerprint density at radius 1 is 0.621 bits per heavy atom. The van der Waals surface area contributed by atoms with Crippen molar-refractivity contribution in [2.75, 3.05) is 13.2 Å². The Morgan fingerprint density at radius 2 is 0.966 bits per heavy atom. The van der Waals surface area contributed by atoms with Gasteiger partial charge in [0, 0.05) is 17.4 Å². The van der Waals surface area contributed by atoms with Crippen LogP contribution in [0.1, 0.15) is 112 Å². The summed E-state index contributed by atoms with van der Waals surface area (Å²) in [6, 6.07) is 6.74. The number of esters is 2. The number of hydrogen-bond donors (Lipinski definition) is 0. The third kappa shape index (κ3) is 12.8. The first kappa shape index (κ1) is 27.7. The second-order valence-electron chi connectivity index (χ2n) is 7.35. The zero-order valence-electron chi connectivity index (χ0n) is 18.4. The van der Waals surface area contributed by atoms with Crippen LogP contribution in [-0.2, 0) is 9.47 Å². The van der Waals surface area contributed by atoms with Crippen molar-refractivity contribution in [2.24, 2.45) is 0 Å². The Kier molecular flexibility index (Phi) is 17.9. The maximum atomic E-state index is 12.4. The molecule has 0 fully saturated rings. The van der Waals surface area contributed by atoms with Gasteiger partial charge in [0.1, 0.15) is 0 Å². The average Bonchev–Trinajstić information content (AvgIpc) is 2.72. The summed E-state index contributed by atoms with van der Waals surface area (Å²) in [4.78, 5) is 24.7. The second-order valence-corrected chi connectivity index (χ2v) is 7.35. The third-order valence-electron chi connectivity index (χ3n) is 4.83. The van der Waals surface area contributed by atoms with Gasteiger partial charge in [0.25, 0.3) is 0 Å². The van der Waals surface area contributed by atoms with E-state index in [0.29, 0.717) is 24.3 Å². The number of unbranched alkanes of at least 4 members (excludes halogenated alkanes) is 10. The molecule has 3 radical (unpaired) electrons. The molecule has 0 aromatic heterocycles. The fraction of sp³-hybridized carbons (Fsp3) is 0.667. The van der Waals surface area contributed by atoms with E-state index in [1.54, 1.807) is 24.3 Å². The summed E-state index contributed by atoms with van der Waals surface area (Å²) >= 11 is 0. The number of benzene rings is 1. The first-order valence-electron chi connectivity index (χ1n) is 11.1. The van der Waals surface area contributed by atoms with Gasteiger partial charge < -0.3 is 9.47 Å². The zero-order chi connectivity index (χ0) is 20.5. The maximum Gasteiger partial charge on any atom is 0.339 e. The van der Waals surface area contributed by atoms with Crippen molar-refractivity contribution >= 4 is 29.3 Å². The largest absolute Gasteiger partial charge is 0.462 e. The molecule has 0 heterocycles. The lowest BCUT2D eigenvalue weighted by atomic mass is 10.1. The van der Waals surface area contributed by atoms with Crippen molar-refractivity contribution in [3.63, 3.8) is 0 Å². The molecule has 0 aliphatic heterocycles. The minimum Gasteiger partial charge on any atom is -0.462 e. The van der Waals surface area contributed by atoms with E-state index in [0.717, 1.165) is 25.7 Å². The van der Waals surface area contributed by atoms with Gasteiger partial charge in [-0.3, -0.25) is 0 Å². The molecule has 29 heavy (non-hydrogen) atoms. The van der Waals surface area contributed by atoms with Crippen LogP contribution in [0.25, 0.3) is 0 Å². The van der Waals surface area contributed by atoms with E-state index in [-0.39, 0.29) is 17.4 Å². The van der Waals surface area contributed by atoms with Crippen molar-refractivity contribution in [1.29, 1.82) is 0 Å². The smallest absolute Gasteiger partial charge is 0.339 e. The fourth-order valence-corrected chi connectivity index (χ4v) is 3.09. The van der Waals surface area contributed by atoms with Crippen molar-refractivity contribution in [2.45, 2.75) is 90.9 Å². The molecule has 0 spiro atoms. The van der Waals surface area contributed by atoms with Crippen LogP contribution in [0.3, 0.4) is 0 Å². The monoisotopic (exact) mass is 417 g/mol. The Morgan fingerprint density at radius 3 is 1.34 bits per heavy atom. The second kappa shape index (κ2) is 18.7. The Labute approximate surface area is 187 Å². The molecule has 0 aliphatic carbocycles. The number of rotatable bonds is 16. The first-order chi connectivity index (χ1) is 13.7. The van der Waals surface area contributed by atoms with E-state index < -0.39 is 11.9 Å². The molecule has 0 aliphatic rings. The highest BCUT2D eigenvalue weighted by Gasteiger charge is 2.18. The molecular weight excluding hydrogens is 379 g/mol. The molecule has 0 N–H and O–H groups in total. The molecule has 4 nitrogen and oxygen atoms in total. The average molecular weight is 418 g/mol. The highest BCUT2D eigenvalue weighted by molar-refractivity contribution is 6.03. The molecule has 0 bridgehead atoms. The third-order valence-corrected chi connectivity index (χ3v) is 4.83. The van der Waals surface area contributed by atoms with E-state index in [4.69, 9.17) is 9.47 Å². The van der Waals surface area contributed by atoms with Crippen LogP contribution in [0.4, 0.5) is 0 Å². The minimum atomic E-state index is -0.444.